The molecule has 1 unspecified atom stereocenters. The van der Waals surface area contributed by atoms with Gasteiger partial charge in [0, 0.05) is 44.6 Å². The zero-order valence-electron chi connectivity index (χ0n) is 43.6. The van der Waals surface area contributed by atoms with Crippen molar-refractivity contribution < 1.29 is 63.6 Å². The third kappa shape index (κ3) is 17.4. The summed E-state index contributed by atoms with van der Waals surface area (Å²) in [4.78, 5) is 123. The first kappa shape index (κ1) is 59.8. The number of carbonyl (C=O) groups is 9. The Bertz CT molecular complexity index is 2290. The molecule has 8 amide bonds. The van der Waals surface area contributed by atoms with Crippen molar-refractivity contribution in [3.63, 3.8) is 0 Å². The van der Waals surface area contributed by atoms with Crippen molar-refractivity contribution >= 4 is 53.2 Å². The quantitative estimate of drug-likeness (QED) is 0.0614. The maximum Gasteiger partial charge on any atom is 0.326 e. The van der Waals surface area contributed by atoms with Gasteiger partial charge in [0.25, 0.3) is 0 Å². The highest BCUT2D eigenvalue weighted by atomic mass is 16.4. The number of hydrogen-bond acceptors (Lipinski definition) is 12. The Hall–Kier alpha value is -6.77. The number of phenols is 2. The standard InChI is InChI=1S/C53H78N8O13/c1-6-7-8-9-10-11-12-13-14-15-16-17-18-21-45(66)59(4)41(32-62)50(70)56-33(2)48(68)55-31-46(67)60(5)47-36-23-25-43(64)38(29-36)37-27-35(22-24-42(37)63)28-39(58-44(65)30-54-51(47)71)49(69)57-34(3)52(72)61-26-19-20-40(61)53(73)74/h22-25,27,29,33-34,39-41,47,62-64H,6-21,26,28,30-32H2,1-5H3,(H,54,71)(H,55,68)(H,56,70)(H,57,69)(H,58,65)(H,73,74)/t33-,34+,39+,40+,41-,47?/m1/s1. The number of aliphatic hydroxyl groups is 1. The number of carboxylic acid groups (broad SMARTS) is 1. The Kier molecular flexibility index (Phi) is 24.1. The van der Waals surface area contributed by atoms with Crippen molar-refractivity contribution in [3.8, 4) is 22.6 Å². The molecule has 408 valence electrons. The van der Waals surface area contributed by atoms with Crippen LogP contribution in [0.25, 0.3) is 11.1 Å². The van der Waals surface area contributed by atoms with E-state index >= 15 is 0 Å². The molecule has 21 nitrogen and oxygen atoms in total. The molecular formula is C53H78N8O13. The lowest BCUT2D eigenvalue weighted by atomic mass is 9.94. The van der Waals surface area contributed by atoms with Crippen LogP contribution in [0.2, 0.25) is 0 Å². The molecule has 2 aliphatic heterocycles. The molecule has 21 heteroatoms. The van der Waals surface area contributed by atoms with Crippen molar-refractivity contribution in [1.29, 1.82) is 0 Å². The number of aliphatic hydroxyl groups excluding tert-OH is 1. The van der Waals surface area contributed by atoms with Gasteiger partial charge in [-0.05, 0) is 68.5 Å². The number of carbonyl (C=O) groups excluding carboxylic acids is 8. The van der Waals surface area contributed by atoms with Crippen molar-refractivity contribution in [2.75, 3.05) is 40.3 Å². The van der Waals surface area contributed by atoms with Crippen LogP contribution in [-0.4, -0.2) is 159 Å². The lowest BCUT2D eigenvalue weighted by Gasteiger charge is -2.29. The van der Waals surface area contributed by atoms with Crippen LogP contribution in [0.15, 0.2) is 36.4 Å². The van der Waals surface area contributed by atoms with E-state index in [0.29, 0.717) is 18.4 Å². The molecule has 4 rings (SSSR count). The molecule has 2 aliphatic rings. The van der Waals surface area contributed by atoms with E-state index in [0.717, 1.165) is 35.5 Å². The SMILES string of the molecule is CCCCCCCCCCCCCCCC(=O)N(C)[C@H](CO)C(=O)N[C@H](C)C(=O)NCC(=O)N(C)C1C(=O)NCC(=O)N[C@H](C(=O)N[C@@H](C)C(=O)N2CCC[C@H]2C(=O)O)Cc2ccc(O)c(c2)-c2cc1ccc2O. The number of rotatable bonds is 26. The number of likely N-dealkylation sites (tertiary alicyclic amines) is 1. The second-order valence-corrected chi connectivity index (χ2v) is 19.5. The number of unbranched alkanes of at least 4 members (excludes halogenated alkanes) is 12. The van der Waals surface area contributed by atoms with Crippen LogP contribution >= 0.6 is 0 Å². The van der Waals surface area contributed by atoms with Crippen LogP contribution in [-0.2, 0) is 49.6 Å². The highest BCUT2D eigenvalue weighted by Gasteiger charge is 2.38. The van der Waals surface area contributed by atoms with Gasteiger partial charge in [-0.15, -0.1) is 0 Å². The fourth-order valence-electron chi connectivity index (χ4n) is 9.27. The first-order chi connectivity index (χ1) is 35.3. The van der Waals surface area contributed by atoms with Crippen molar-refractivity contribution in [2.45, 2.75) is 166 Å². The summed E-state index contributed by atoms with van der Waals surface area (Å²) in [6.45, 7) is 3.06. The topological polar surface area (TPSA) is 304 Å². The fourth-order valence-corrected chi connectivity index (χ4v) is 9.27. The van der Waals surface area contributed by atoms with E-state index in [1.165, 1.54) is 121 Å². The highest BCUT2D eigenvalue weighted by Crippen LogP contribution is 2.38. The average Bonchev–Trinajstić information content (AvgIpc) is 3.87. The normalized spacial score (nSPS) is 17.9. The van der Waals surface area contributed by atoms with Crippen LogP contribution in [0.1, 0.15) is 141 Å². The van der Waals surface area contributed by atoms with Gasteiger partial charge in [0.15, 0.2) is 0 Å². The van der Waals surface area contributed by atoms with Gasteiger partial charge in [-0.2, -0.15) is 0 Å². The van der Waals surface area contributed by atoms with Gasteiger partial charge < -0.3 is 61.7 Å². The van der Waals surface area contributed by atoms with Crippen molar-refractivity contribution in [2.24, 2.45) is 0 Å². The third-order valence-corrected chi connectivity index (χ3v) is 13.8. The second kappa shape index (κ2) is 29.8. The predicted octanol–water partition coefficient (Wildman–Crippen LogP) is 2.92. The molecule has 0 spiro atoms. The molecular weight excluding hydrogens is 957 g/mol. The van der Waals surface area contributed by atoms with Crippen LogP contribution in [0.4, 0.5) is 0 Å². The van der Waals surface area contributed by atoms with Crippen molar-refractivity contribution in [1.82, 2.24) is 41.3 Å². The number of nitrogens with one attached hydrogen (secondary N) is 5. The van der Waals surface area contributed by atoms with E-state index in [2.05, 4.69) is 33.5 Å². The summed E-state index contributed by atoms with van der Waals surface area (Å²) in [5.41, 5.74) is 0.617. The lowest BCUT2D eigenvalue weighted by molar-refractivity contribution is -0.149. The van der Waals surface area contributed by atoms with Crippen molar-refractivity contribution in [3.05, 3.63) is 47.5 Å². The zero-order chi connectivity index (χ0) is 54.5. The minimum absolute atomic E-state index is 0.0337. The Balaban J connectivity index is 1.37. The van der Waals surface area contributed by atoms with E-state index in [9.17, 15) is 63.6 Å². The maximum absolute atomic E-state index is 14.0. The number of amides is 8. The number of nitrogens with zero attached hydrogens (tertiary/aromatic N) is 3. The predicted molar refractivity (Wildman–Crippen MR) is 274 cm³/mol. The Morgan fingerprint density at radius 1 is 0.770 bits per heavy atom. The van der Waals surface area contributed by atoms with Gasteiger partial charge in [0.05, 0.1) is 19.7 Å². The number of likely N-dealkylation sites (N-methyl/N-ethyl adjacent to an activating group) is 2. The molecule has 74 heavy (non-hydrogen) atoms. The molecule has 2 aromatic carbocycles. The van der Waals surface area contributed by atoms with E-state index in [1.54, 1.807) is 0 Å². The van der Waals surface area contributed by atoms with Crippen LogP contribution < -0.4 is 26.6 Å². The smallest absolute Gasteiger partial charge is 0.326 e. The zero-order valence-corrected chi connectivity index (χ0v) is 43.6. The number of aliphatic carboxylic acids is 1. The summed E-state index contributed by atoms with van der Waals surface area (Å²) in [7, 11) is 2.67. The second-order valence-electron chi connectivity index (χ2n) is 19.5. The number of fused-ring (bicyclic) bond motifs is 5. The molecule has 0 saturated carbocycles. The molecule has 6 atom stereocenters. The Morgan fingerprint density at radius 3 is 1.97 bits per heavy atom. The molecule has 4 bridgehead atoms. The summed E-state index contributed by atoms with van der Waals surface area (Å²) in [6.07, 6.45) is 15.7. The summed E-state index contributed by atoms with van der Waals surface area (Å²) in [6, 6.07) is 0.594. The van der Waals surface area contributed by atoms with Crippen LogP contribution in [0.3, 0.4) is 0 Å². The van der Waals surface area contributed by atoms with E-state index in [1.807, 2.05) is 0 Å². The minimum atomic E-state index is -1.51. The molecule has 2 heterocycles. The van der Waals surface area contributed by atoms with E-state index < -0.39 is 103 Å². The van der Waals surface area contributed by atoms with Gasteiger partial charge in [0.1, 0.15) is 47.8 Å². The van der Waals surface area contributed by atoms with E-state index in [4.69, 9.17) is 0 Å². The molecule has 0 aromatic heterocycles. The van der Waals surface area contributed by atoms with Gasteiger partial charge >= 0.3 is 5.97 Å². The summed E-state index contributed by atoms with van der Waals surface area (Å²) >= 11 is 0. The molecule has 0 radical (unpaired) electrons. The minimum Gasteiger partial charge on any atom is -0.507 e. The largest absolute Gasteiger partial charge is 0.507 e. The first-order valence-electron chi connectivity index (χ1n) is 26.1. The van der Waals surface area contributed by atoms with Gasteiger partial charge in [0.2, 0.25) is 47.3 Å². The number of benzene rings is 2. The monoisotopic (exact) mass is 1030 g/mol. The van der Waals surface area contributed by atoms with Gasteiger partial charge in [-0.25, -0.2) is 4.79 Å². The van der Waals surface area contributed by atoms with E-state index in [-0.39, 0.29) is 59.9 Å². The Labute approximate surface area is 433 Å². The van der Waals surface area contributed by atoms with Gasteiger partial charge in [-0.3, -0.25) is 38.4 Å². The third-order valence-electron chi connectivity index (χ3n) is 13.8. The summed E-state index contributed by atoms with van der Waals surface area (Å²) in [5.74, 6) is -7.70. The highest BCUT2D eigenvalue weighted by molar-refractivity contribution is 5.97. The summed E-state index contributed by atoms with van der Waals surface area (Å²) < 4.78 is 0. The first-order valence-corrected chi connectivity index (χ1v) is 26.1. The molecule has 9 N–H and O–H groups in total. The average molecular weight is 1040 g/mol. The fraction of sp³-hybridized carbons (Fsp3) is 0.604. The van der Waals surface area contributed by atoms with Crippen LogP contribution in [0.5, 0.6) is 11.5 Å². The molecule has 1 fully saturated rings. The summed E-state index contributed by atoms with van der Waals surface area (Å²) in [5, 5.41) is 54.3. The number of carboxylic acids is 1. The maximum atomic E-state index is 14.0. The number of phenolic OH excluding ortho intramolecular Hbond substituents is 2. The Morgan fingerprint density at radius 2 is 1.36 bits per heavy atom. The lowest BCUT2D eigenvalue weighted by Crippen LogP contribution is -2.56. The van der Waals surface area contributed by atoms with Gasteiger partial charge in [-0.1, -0.05) is 96.1 Å². The molecule has 2 aromatic rings. The molecule has 0 aliphatic carbocycles. The number of aromatic hydroxyl groups is 2. The number of hydrogen-bond donors (Lipinski definition) is 9. The van der Waals surface area contributed by atoms with Crippen LogP contribution in [0, 0.1) is 0 Å². The molecule has 1 saturated heterocycles.